The van der Waals surface area contributed by atoms with E-state index in [1.807, 2.05) is 56.3 Å². The van der Waals surface area contributed by atoms with Gasteiger partial charge in [0.25, 0.3) is 0 Å². The number of aliphatic carboxylic acids is 1. The van der Waals surface area contributed by atoms with Crippen molar-refractivity contribution < 1.29 is 9.90 Å². The Morgan fingerprint density at radius 3 is 2.39 bits per heavy atom. The highest BCUT2D eigenvalue weighted by Crippen LogP contribution is 2.22. The van der Waals surface area contributed by atoms with Crippen LogP contribution in [0.25, 0.3) is 0 Å². The molecule has 0 spiro atoms. The number of hydrogen-bond donors (Lipinski definition) is 2. The number of rotatable bonds is 7. The molecular weight excluding hydrogens is 228 g/mol. The first-order chi connectivity index (χ1) is 8.53. The molecule has 0 aliphatic carbocycles. The second-order valence-corrected chi connectivity index (χ2v) is 4.74. The highest BCUT2D eigenvalue weighted by molar-refractivity contribution is 5.81. The second kappa shape index (κ2) is 6.52. The first kappa shape index (κ1) is 14.7. The highest BCUT2D eigenvalue weighted by Gasteiger charge is 2.40. The molecule has 0 fully saturated rings. The molecule has 2 N–H and O–H groups in total. The van der Waals surface area contributed by atoms with E-state index in [1.54, 1.807) is 0 Å². The first-order valence-corrected chi connectivity index (χ1v) is 6.21. The molecule has 0 saturated heterocycles. The van der Waals surface area contributed by atoms with Crippen molar-refractivity contribution in [2.45, 2.75) is 18.9 Å². The van der Waals surface area contributed by atoms with E-state index in [2.05, 4.69) is 5.32 Å². The molecule has 4 heteroatoms. The second-order valence-electron chi connectivity index (χ2n) is 4.74. The summed E-state index contributed by atoms with van der Waals surface area (Å²) in [5.74, 6) is -0.837. The van der Waals surface area contributed by atoms with Crippen molar-refractivity contribution in [3.63, 3.8) is 0 Å². The zero-order chi connectivity index (χ0) is 13.6. The van der Waals surface area contributed by atoms with Crippen molar-refractivity contribution in [3.05, 3.63) is 35.9 Å². The number of carboxylic acid groups (broad SMARTS) is 1. The number of benzene rings is 1. The van der Waals surface area contributed by atoms with Crippen molar-refractivity contribution >= 4 is 5.97 Å². The van der Waals surface area contributed by atoms with Crippen LogP contribution in [0.15, 0.2) is 30.3 Å². The molecule has 0 aromatic heterocycles. The minimum Gasteiger partial charge on any atom is -0.480 e. The Hall–Kier alpha value is -1.39. The third-order valence-corrected chi connectivity index (χ3v) is 2.86. The molecule has 0 aliphatic heterocycles. The minimum absolute atomic E-state index is 0.423. The van der Waals surface area contributed by atoms with E-state index in [1.165, 1.54) is 0 Å². The molecule has 0 heterocycles. The fourth-order valence-corrected chi connectivity index (χ4v) is 2.05. The van der Waals surface area contributed by atoms with Crippen LogP contribution >= 0.6 is 0 Å². The molecule has 0 radical (unpaired) electrons. The van der Waals surface area contributed by atoms with Gasteiger partial charge in [-0.25, -0.2) is 4.79 Å². The van der Waals surface area contributed by atoms with Crippen LogP contribution in [0.5, 0.6) is 0 Å². The number of likely N-dealkylation sites (N-methyl/N-ethyl adjacent to an activating group) is 1. The van der Waals surface area contributed by atoms with Gasteiger partial charge in [0.1, 0.15) is 0 Å². The molecular formula is C14H22N2O2. The molecule has 0 saturated carbocycles. The highest BCUT2D eigenvalue weighted by atomic mass is 16.4. The summed E-state index contributed by atoms with van der Waals surface area (Å²) in [4.78, 5) is 13.7. The minimum atomic E-state index is -1.04. The van der Waals surface area contributed by atoms with E-state index in [4.69, 9.17) is 0 Å². The number of carbonyl (C=O) groups is 1. The van der Waals surface area contributed by atoms with E-state index < -0.39 is 11.5 Å². The van der Waals surface area contributed by atoms with Gasteiger partial charge in [0, 0.05) is 6.54 Å². The summed E-state index contributed by atoms with van der Waals surface area (Å²) >= 11 is 0. The van der Waals surface area contributed by atoms with Gasteiger partial charge in [-0.1, -0.05) is 37.3 Å². The van der Waals surface area contributed by atoms with Gasteiger partial charge in [-0.05, 0) is 32.6 Å². The average molecular weight is 250 g/mol. The van der Waals surface area contributed by atoms with Gasteiger partial charge >= 0.3 is 5.97 Å². The van der Waals surface area contributed by atoms with Gasteiger partial charge < -0.3 is 10.0 Å². The van der Waals surface area contributed by atoms with E-state index in [-0.39, 0.29) is 0 Å². The lowest BCUT2D eigenvalue weighted by molar-refractivity contribution is -0.146. The summed E-state index contributed by atoms with van der Waals surface area (Å²) < 4.78 is 0. The third-order valence-electron chi connectivity index (χ3n) is 2.86. The van der Waals surface area contributed by atoms with Crippen LogP contribution in [0.2, 0.25) is 0 Å². The van der Waals surface area contributed by atoms with Crippen LogP contribution in [0.3, 0.4) is 0 Å². The van der Waals surface area contributed by atoms with Gasteiger partial charge in [-0.15, -0.1) is 0 Å². The van der Waals surface area contributed by atoms with Gasteiger partial charge in [-0.3, -0.25) is 5.32 Å². The van der Waals surface area contributed by atoms with Crippen LogP contribution in [0, 0.1) is 0 Å². The Labute approximate surface area is 109 Å². The number of nitrogens with one attached hydrogen (secondary N) is 1. The first-order valence-electron chi connectivity index (χ1n) is 6.21. The lowest BCUT2D eigenvalue weighted by atomic mass is 9.89. The fourth-order valence-electron chi connectivity index (χ4n) is 2.05. The molecule has 100 valence electrons. The predicted molar refractivity (Wildman–Crippen MR) is 72.6 cm³/mol. The lowest BCUT2D eigenvalue weighted by Gasteiger charge is -2.33. The molecule has 0 bridgehead atoms. The van der Waals surface area contributed by atoms with E-state index in [0.717, 1.165) is 12.0 Å². The van der Waals surface area contributed by atoms with Crippen molar-refractivity contribution in [1.29, 1.82) is 0 Å². The molecule has 0 amide bonds. The van der Waals surface area contributed by atoms with Crippen LogP contribution in [-0.4, -0.2) is 43.2 Å². The van der Waals surface area contributed by atoms with E-state index in [0.29, 0.717) is 13.1 Å². The predicted octanol–water partition coefficient (Wildman–Crippen LogP) is 1.53. The third kappa shape index (κ3) is 3.31. The van der Waals surface area contributed by atoms with Gasteiger partial charge in [-0.2, -0.15) is 0 Å². The van der Waals surface area contributed by atoms with Gasteiger partial charge in [0.05, 0.1) is 0 Å². The maximum atomic E-state index is 11.8. The molecule has 18 heavy (non-hydrogen) atoms. The van der Waals surface area contributed by atoms with Crippen LogP contribution in [0.1, 0.15) is 18.9 Å². The molecule has 1 unspecified atom stereocenters. The summed E-state index contributed by atoms with van der Waals surface area (Å²) in [5.41, 5.74) is -0.250. The van der Waals surface area contributed by atoms with E-state index >= 15 is 0 Å². The number of nitrogens with zero attached hydrogens (tertiary/aromatic N) is 1. The monoisotopic (exact) mass is 250 g/mol. The average Bonchev–Trinajstić information content (AvgIpc) is 2.34. The lowest BCUT2D eigenvalue weighted by Crippen LogP contribution is -2.55. The Morgan fingerprint density at radius 1 is 1.33 bits per heavy atom. The van der Waals surface area contributed by atoms with Gasteiger partial charge in [0.15, 0.2) is 5.54 Å². The summed E-state index contributed by atoms with van der Waals surface area (Å²) in [6, 6.07) is 9.36. The molecule has 1 rings (SSSR count). The largest absolute Gasteiger partial charge is 0.480 e. The maximum absolute atomic E-state index is 11.8. The van der Waals surface area contributed by atoms with Crippen LogP contribution in [0.4, 0.5) is 0 Å². The summed E-state index contributed by atoms with van der Waals surface area (Å²) in [7, 11) is 3.77. The van der Waals surface area contributed by atoms with Crippen molar-refractivity contribution in [2.24, 2.45) is 0 Å². The van der Waals surface area contributed by atoms with Crippen molar-refractivity contribution in [3.8, 4) is 0 Å². The summed E-state index contributed by atoms with van der Waals surface area (Å²) in [6.07, 6.45) is 0.898. The topological polar surface area (TPSA) is 52.6 Å². The Morgan fingerprint density at radius 2 is 1.94 bits per heavy atom. The van der Waals surface area contributed by atoms with Crippen LogP contribution in [-0.2, 0) is 10.3 Å². The quantitative estimate of drug-likeness (QED) is 0.770. The van der Waals surface area contributed by atoms with E-state index in [9.17, 15) is 9.90 Å². The standard InChI is InChI=1S/C14H22N2O2/c1-4-10-15-14(13(17)18,11-16(2)3)12-8-6-5-7-9-12/h5-9,15H,4,10-11H2,1-3H3,(H,17,18). The summed E-state index contributed by atoms with van der Waals surface area (Å²) in [6.45, 7) is 3.13. The Kier molecular flexibility index (Phi) is 5.31. The van der Waals surface area contributed by atoms with Crippen molar-refractivity contribution in [1.82, 2.24) is 10.2 Å². The molecule has 1 aromatic carbocycles. The molecule has 1 atom stereocenters. The Balaban J connectivity index is 3.15. The van der Waals surface area contributed by atoms with Gasteiger partial charge in [0.2, 0.25) is 0 Å². The summed E-state index contributed by atoms with van der Waals surface area (Å²) in [5, 5.41) is 12.9. The van der Waals surface area contributed by atoms with Crippen LogP contribution < -0.4 is 5.32 Å². The Bertz CT molecular complexity index is 379. The van der Waals surface area contributed by atoms with Crippen molar-refractivity contribution in [2.75, 3.05) is 27.2 Å². The molecule has 0 aliphatic rings. The zero-order valence-corrected chi connectivity index (χ0v) is 11.3. The fraction of sp³-hybridized carbons (Fsp3) is 0.500. The smallest absolute Gasteiger partial charge is 0.329 e. The SMILES string of the molecule is CCCNC(CN(C)C)(C(=O)O)c1ccccc1. The molecule has 1 aromatic rings. The zero-order valence-electron chi connectivity index (χ0n) is 11.3. The maximum Gasteiger partial charge on any atom is 0.329 e. The number of hydrogen-bond acceptors (Lipinski definition) is 3. The normalized spacial score (nSPS) is 14.4. The number of carboxylic acids is 1. The molecule has 4 nitrogen and oxygen atoms in total.